The molecule has 0 bridgehead atoms. The summed E-state index contributed by atoms with van der Waals surface area (Å²) in [5.41, 5.74) is 1.94. The van der Waals surface area contributed by atoms with Crippen LogP contribution in [0.4, 0.5) is 11.4 Å². The summed E-state index contributed by atoms with van der Waals surface area (Å²) in [7, 11) is 2.46. The van der Waals surface area contributed by atoms with E-state index in [-0.39, 0.29) is 17.2 Å². The van der Waals surface area contributed by atoms with Crippen molar-refractivity contribution in [1.82, 2.24) is 0 Å². The lowest BCUT2D eigenvalue weighted by Crippen LogP contribution is -2.28. The summed E-state index contributed by atoms with van der Waals surface area (Å²) in [6, 6.07) is 5.35. The van der Waals surface area contributed by atoms with Crippen molar-refractivity contribution in [3.05, 3.63) is 59.5 Å². The number of allylic oxidation sites excluding steroid dienone is 2. The predicted molar refractivity (Wildman–Crippen MR) is 97.3 cm³/mol. The Balaban J connectivity index is 2.73. The van der Waals surface area contributed by atoms with E-state index >= 15 is 0 Å². The zero-order chi connectivity index (χ0) is 19.3. The monoisotopic (exact) mass is 356 g/mol. The summed E-state index contributed by atoms with van der Waals surface area (Å²) < 4.78 is 9.66. The van der Waals surface area contributed by atoms with Gasteiger partial charge in [0.1, 0.15) is 5.70 Å². The van der Waals surface area contributed by atoms with Crippen molar-refractivity contribution in [2.45, 2.75) is 13.8 Å². The van der Waals surface area contributed by atoms with E-state index in [0.717, 1.165) is 5.56 Å². The number of nitrogens with zero attached hydrogens (tertiary/aromatic N) is 1. The van der Waals surface area contributed by atoms with Crippen LogP contribution in [-0.4, -0.2) is 32.1 Å². The summed E-state index contributed by atoms with van der Waals surface area (Å²) >= 11 is 0. The highest BCUT2D eigenvalue weighted by atomic mass is 16.5. The molecule has 1 aliphatic rings. The molecule has 1 N–H and O–H groups in total. The molecule has 26 heavy (non-hydrogen) atoms. The van der Waals surface area contributed by atoms with Crippen LogP contribution in [0.1, 0.15) is 12.5 Å². The Morgan fingerprint density at radius 3 is 2.35 bits per heavy atom. The third-order valence-corrected chi connectivity index (χ3v) is 3.61. The lowest BCUT2D eigenvalue weighted by atomic mass is 10.1. The van der Waals surface area contributed by atoms with Crippen LogP contribution in [0, 0.1) is 6.92 Å². The summed E-state index contributed by atoms with van der Waals surface area (Å²) in [4.78, 5) is 37.7. The van der Waals surface area contributed by atoms with Gasteiger partial charge < -0.3 is 19.7 Å². The zero-order valence-corrected chi connectivity index (χ0v) is 15.0. The minimum atomic E-state index is -0.711. The molecule has 7 nitrogen and oxygen atoms in total. The molecule has 1 aliphatic heterocycles. The smallest absolute Gasteiger partial charge is 0.355 e. The van der Waals surface area contributed by atoms with Gasteiger partial charge in [0.05, 0.1) is 31.2 Å². The Bertz CT molecular complexity index is 836. The van der Waals surface area contributed by atoms with E-state index < -0.39 is 11.9 Å². The number of esters is 2. The molecule has 136 valence electrons. The normalized spacial score (nSPS) is 13.3. The first-order chi connectivity index (χ1) is 12.4. The molecule has 0 atom stereocenters. The first-order valence-electron chi connectivity index (χ1n) is 7.82. The van der Waals surface area contributed by atoms with Gasteiger partial charge in [-0.2, -0.15) is 0 Å². The first-order valence-corrected chi connectivity index (χ1v) is 7.82. The maximum absolute atomic E-state index is 12.5. The van der Waals surface area contributed by atoms with Crippen LogP contribution in [0.25, 0.3) is 0 Å². The van der Waals surface area contributed by atoms with Gasteiger partial charge in [-0.25, -0.2) is 9.59 Å². The summed E-state index contributed by atoms with van der Waals surface area (Å²) in [5, 5.41) is 2.73. The maximum Gasteiger partial charge on any atom is 0.355 e. The molecule has 1 amide bonds. The van der Waals surface area contributed by atoms with Gasteiger partial charge in [0.15, 0.2) is 0 Å². The minimum absolute atomic E-state index is 0.0125. The summed E-state index contributed by atoms with van der Waals surface area (Å²) in [6.45, 7) is 3.27. The Labute approximate surface area is 151 Å². The molecule has 2 rings (SSSR count). The standard InChI is InChI=1S/C19H20N2O5/c1-12-8-9-15(20-13(2)22)16(11-12)21-10-6-5-7-14(18(23)25-3)17(21)19(24)26-4/h5-11H,1-4H3,(H,20,22). The molecule has 1 aromatic carbocycles. The van der Waals surface area contributed by atoms with E-state index in [1.807, 2.05) is 13.0 Å². The van der Waals surface area contributed by atoms with Gasteiger partial charge in [-0.15, -0.1) is 0 Å². The highest BCUT2D eigenvalue weighted by Gasteiger charge is 2.28. The number of methoxy groups -OCH3 is 2. The Kier molecular flexibility index (Phi) is 5.95. The average Bonchev–Trinajstić information content (AvgIpc) is 2.84. The van der Waals surface area contributed by atoms with Gasteiger partial charge in [-0.1, -0.05) is 12.1 Å². The molecule has 1 heterocycles. The molecular formula is C19H20N2O5. The molecule has 0 fully saturated rings. The van der Waals surface area contributed by atoms with Crippen molar-refractivity contribution in [2.75, 3.05) is 24.4 Å². The fourth-order valence-corrected chi connectivity index (χ4v) is 2.49. The van der Waals surface area contributed by atoms with Crippen molar-refractivity contribution in [3.8, 4) is 0 Å². The topological polar surface area (TPSA) is 84.9 Å². The Hall–Kier alpha value is -3.35. The molecular weight excluding hydrogens is 336 g/mol. The van der Waals surface area contributed by atoms with Gasteiger partial charge in [0, 0.05) is 13.1 Å². The second-order valence-corrected chi connectivity index (χ2v) is 5.52. The van der Waals surface area contributed by atoms with Crippen molar-refractivity contribution in [1.29, 1.82) is 0 Å². The van der Waals surface area contributed by atoms with Gasteiger partial charge in [-0.3, -0.25) is 4.79 Å². The zero-order valence-electron chi connectivity index (χ0n) is 15.0. The Morgan fingerprint density at radius 1 is 1.04 bits per heavy atom. The number of benzene rings is 1. The number of carbonyl (C=O) groups excluding carboxylic acids is 3. The fourth-order valence-electron chi connectivity index (χ4n) is 2.49. The largest absolute Gasteiger partial charge is 0.465 e. The quantitative estimate of drug-likeness (QED) is 0.834. The second kappa shape index (κ2) is 8.15. The van der Waals surface area contributed by atoms with Crippen LogP contribution in [0.3, 0.4) is 0 Å². The molecule has 0 saturated heterocycles. The third-order valence-electron chi connectivity index (χ3n) is 3.61. The molecule has 1 aromatic rings. The second-order valence-electron chi connectivity index (χ2n) is 5.52. The van der Waals surface area contributed by atoms with E-state index in [1.165, 1.54) is 32.1 Å². The van der Waals surface area contributed by atoms with Crippen molar-refractivity contribution >= 4 is 29.2 Å². The van der Waals surface area contributed by atoms with Crippen LogP contribution in [0.2, 0.25) is 0 Å². The van der Waals surface area contributed by atoms with Crippen molar-refractivity contribution in [3.63, 3.8) is 0 Å². The van der Waals surface area contributed by atoms with E-state index in [4.69, 9.17) is 9.47 Å². The molecule has 7 heteroatoms. The SMILES string of the molecule is COC(=O)C1=C(C(=O)OC)N(c2cc(C)ccc2NC(C)=O)C=CC=C1. The van der Waals surface area contributed by atoms with Crippen molar-refractivity contribution < 1.29 is 23.9 Å². The number of hydrogen-bond donors (Lipinski definition) is 1. The minimum Gasteiger partial charge on any atom is -0.465 e. The average molecular weight is 356 g/mol. The van der Waals surface area contributed by atoms with Crippen LogP contribution in [-0.2, 0) is 23.9 Å². The number of carbonyl (C=O) groups is 3. The number of aryl methyl sites for hydroxylation is 1. The van der Waals surface area contributed by atoms with Gasteiger partial charge >= 0.3 is 11.9 Å². The predicted octanol–water partition coefficient (Wildman–Crippen LogP) is 2.44. The molecule has 0 aliphatic carbocycles. The van der Waals surface area contributed by atoms with E-state index in [2.05, 4.69) is 5.32 Å². The van der Waals surface area contributed by atoms with Gasteiger partial charge in [0.2, 0.25) is 5.91 Å². The lowest BCUT2D eigenvalue weighted by Gasteiger charge is -2.25. The van der Waals surface area contributed by atoms with Crippen LogP contribution < -0.4 is 10.2 Å². The van der Waals surface area contributed by atoms with Crippen LogP contribution in [0.15, 0.2) is 53.9 Å². The number of anilines is 2. The third kappa shape index (κ3) is 4.00. The molecule has 0 unspecified atom stereocenters. The maximum atomic E-state index is 12.5. The number of nitrogens with one attached hydrogen (secondary N) is 1. The molecule has 0 saturated carbocycles. The lowest BCUT2D eigenvalue weighted by molar-refractivity contribution is -0.139. The van der Waals surface area contributed by atoms with Crippen LogP contribution in [0.5, 0.6) is 0 Å². The first kappa shape index (κ1) is 19.0. The van der Waals surface area contributed by atoms with E-state index in [0.29, 0.717) is 11.4 Å². The molecule has 0 radical (unpaired) electrons. The molecule has 0 aromatic heterocycles. The number of rotatable bonds is 4. The number of ether oxygens (including phenoxy) is 2. The number of hydrogen-bond acceptors (Lipinski definition) is 6. The number of amides is 1. The van der Waals surface area contributed by atoms with Crippen molar-refractivity contribution in [2.24, 2.45) is 0 Å². The van der Waals surface area contributed by atoms with Crippen LogP contribution >= 0.6 is 0 Å². The summed E-state index contributed by atoms with van der Waals surface area (Å²) in [6.07, 6.45) is 6.36. The van der Waals surface area contributed by atoms with Gasteiger partial charge in [0.25, 0.3) is 0 Å². The van der Waals surface area contributed by atoms with Gasteiger partial charge in [-0.05, 0) is 36.8 Å². The summed E-state index contributed by atoms with van der Waals surface area (Å²) in [5.74, 6) is -1.65. The fraction of sp³-hybridized carbons (Fsp3) is 0.211. The molecule has 0 spiro atoms. The Morgan fingerprint density at radius 2 is 1.73 bits per heavy atom. The highest BCUT2D eigenvalue weighted by Crippen LogP contribution is 2.33. The highest BCUT2D eigenvalue weighted by molar-refractivity contribution is 6.06. The van der Waals surface area contributed by atoms with E-state index in [9.17, 15) is 14.4 Å². The van der Waals surface area contributed by atoms with E-state index in [1.54, 1.807) is 30.5 Å².